The number of carbonyl (C=O) groups is 2. The Morgan fingerprint density at radius 2 is 1.68 bits per heavy atom. The first-order valence-corrected chi connectivity index (χ1v) is 8.29. The molecule has 0 fully saturated rings. The molecular formula is C16H14O4S2. The second kappa shape index (κ2) is 4.79. The molecule has 0 atom stereocenters. The largest absolute Gasteiger partial charge is 0.478 e. The molecule has 114 valence electrons. The highest BCUT2D eigenvalue weighted by Crippen LogP contribution is 2.43. The van der Waals surface area contributed by atoms with Gasteiger partial charge in [-0.15, -0.1) is 22.7 Å². The maximum Gasteiger partial charge on any atom is 0.346 e. The molecule has 2 heterocycles. The van der Waals surface area contributed by atoms with Gasteiger partial charge in [0.25, 0.3) is 0 Å². The third-order valence-corrected chi connectivity index (χ3v) is 6.09. The smallest absolute Gasteiger partial charge is 0.346 e. The van der Waals surface area contributed by atoms with Gasteiger partial charge in [-0.05, 0) is 17.0 Å². The summed E-state index contributed by atoms with van der Waals surface area (Å²) in [6.07, 6.45) is 0. The Kier molecular flexibility index (Phi) is 3.27. The van der Waals surface area contributed by atoms with Gasteiger partial charge in [0, 0.05) is 10.1 Å². The van der Waals surface area contributed by atoms with E-state index in [0.717, 1.165) is 26.1 Å². The zero-order valence-corrected chi connectivity index (χ0v) is 13.9. The van der Waals surface area contributed by atoms with Gasteiger partial charge >= 0.3 is 11.9 Å². The molecule has 0 saturated carbocycles. The van der Waals surface area contributed by atoms with Crippen LogP contribution in [-0.4, -0.2) is 22.2 Å². The highest BCUT2D eigenvalue weighted by molar-refractivity contribution is 7.33. The van der Waals surface area contributed by atoms with E-state index in [1.54, 1.807) is 0 Å². The highest BCUT2D eigenvalue weighted by Gasteiger charge is 2.26. The molecule has 2 aromatic heterocycles. The Morgan fingerprint density at radius 3 is 2.23 bits per heavy atom. The van der Waals surface area contributed by atoms with Crippen LogP contribution in [0.2, 0.25) is 0 Å². The molecule has 3 rings (SSSR count). The molecule has 0 aliphatic rings. The third-order valence-electron chi connectivity index (χ3n) is 3.58. The topological polar surface area (TPSA) is 74.6 Å². The molecule has 22 heavy (non-hydrogen) atoms. The number of rotatable bonds is 2. The van der Waals surface area contributed by atoms with E-state index in [1.807, 2.05) is 12.1 Å². The molecule has 0 unspecified atom stereocenters. The SMILES string of the molecule is CC(C)(C)c1ccc2c(c1)sc1c(C(=O)O)c(C(=O)O)sc12. The quantitative estimate of drug-likeness (QED) is 0.705. The second-order valence-electron chi connectivity index (χ2n) is 6.14. The van der Waals surface area contributed by atoms with Crippen LogP contribution in [0.5, 0.6) is 0 Å². The van der Waals surface area contributed by atoms with Gasteiger partial charge in [-0.2, -0.15) is 0 Å². The molecule has 0 aliphatic carbocycles. The van der Waals surface area contributed by atoms with Crippen LogP contribution in [0.15, 0.2) is 18.2 Å². The molecule has 6 heteroatoms. The van der Waals surface area contributed by atoms with Crippen molar-refractivity contribution in [3.05, 3.63) is 34.2 Å². The van der Waals surface area contributed by atoms with Crippen molar-refractivity contribution in [3.63, 3.8) is 0 Å². The van der Waals surface area contributed by atoms with Crippen LogP contribution in [-0.2, 0) is 5.41 Å². The molecular weight excluding hydrogens is 320 g/mol. The Hall–Kier alpha value is -1.92. The van der Waals surface area contributed by atoms with E-state index in [2.05, 4.69) is 26.8 Å². The first-order valence-electron chi connectivity index (χ1n) is 6.66. The minimum Gasteiger partial charge on any atom is -0.478 e. The van der Waals surface area contributed by atoms with Crippen molar-refractivity contribution in [3.8, 4) is 0 Å². The number of thiophene rings is 2. The standard InChI is InChI=1S/C16H14O4S2/c1-16(2,3)7-4-5-8-9(6-7)21-12-10(14(17)18)13(15(19)20)22-11(8)12/h4-6H,1-3H3,(H,17,18)(H,19,20). The first kappa shape index (κ1) is 15.0. The molecule has 0 radical (unpaired) electrons. The van der Waals surface area contributed by atoms with Gasteiger partial charge in [-0.1, -0.05) is 32.9 Å². The van der Waals surface area contributed by atoms with Crippen molar-refractivity contribution in [2.75, 3.05) is 0 Å². The van der Waals surface area contributed by atoms with Crippen molar-refractivity contribution in [2.24, 2.45) is 0 Å². The zero-order valence-electron chi connectivity index (χ0n) is 12.3. The second-order valence-corrected chi connectivity index (χ2v) is 8.21. The number of carboxylic acid groups (broad SMARTS) is 2. The Balaban J connectivity index is 2.36. The Bertz CT molecular complexity index is 925. The van der Waals surface area contributed by atoms with Crippen LogP contribution in [0.4, 0.5) is 0 Å². The summed E-state index contributed by atoms with van der Waals surface area (Å²) in [5.41, 5.74) is 1.09. The molecule has 2 N–H and O–H groups in total. The number of hydrogen-bond donors (Lipinski definition) is 2. The summed E-state index contributed by atoms with van der Waals surface area (Å²) in [6.45, 7) is 6.36. The van der Waals surface area contributed by atoms with E-state index in [-0.39, 0.29) is 15.9 Å². The lowest BCUT2D eigenvalue weighted by atomic mass is 9.87. The molecule has 4 nitrogen and oxygen atoms in total. The summed E-state index contributed by atoms with van der Waals surface area (Å²) in [7, 11) is 0. The van der Waals surface area contributed by atoms with Gasteiger partial charge < -0.3 is 10.2 Å². The molecule has 0 amide bonds. The molecule has 0 bridgehead atoms. The average molecular weight is 334 g/mol. The maximum atomic E-state index is 11.5. The van der Waals surface area contributed by atoms with E-state index >= 15 is 0 Å². The average Bonchev–Trinajstić information content (AvgIpc) is 2.91. The fourth-order valence-corrected chi connectivity index (χ4v) is 5.03. The molecule has 1 aromatic carbocycles. The Labute approximate surface area is 134 Å². The van der Waals surface area contributed by atoms with E-state index in [4.69, 9.17) is 0 Å². The van der Waals surface area contributed by atoms with Crippen LogP contribution in [0.3, 0.4) is 0 Å². The number of fused-ring (bicyclic) bond motifs is 3. The van der Waals surface area contributed by atoms with E-state index in [0.29, 0.717) is 4.70 Å². The van der Waals surface area contributed by atoms with Crippen molar-refractivity contribution in [1.29, 1.82) is 0 Å². The zero-order chi connectivity index (χ0) is 16.2. The fourth-order valence-electron chi connectivity index (χ4n) is 2.41. The van der Waals surface area contributed by atoms with Gasteiger partial charge in [0.1, 0.15) is 10.4 Å². The summed E-state index contributed by atoms with van der Waals surface area (Å²) in [5, 5.41) is 19.5. The minimum atomic E-state index is -1.19. The predicted molar refractivity (Wildman–Crippen MR) is 89.8 cm³/mol. The summed E-state index contributed by atoms with van der Waals surface area (Å²) < 4.78 is 2.29. The first-order chi connectivity index (χ1) is 10.2. The summed E-state index contributed by atoms with van der Waals surface area (Å²) in [6, 6.07) is 6.05. The van der Waals surface area contributed by atoms with Crippen LogP contribution in [0.25, 0.3) is 19.5 Å². The van der Waals surface area contributed by atoms with Crippen LogP contribution in [0.1, 0.15) is 46.4 Å². The van der Waals surface area contributed by atoms with Gasteiger partial charge in [0.2, 0.25) is 0 Å². The number of benzene rings is 1. The van der Waals surface area contributed by atoms with E-state index in [9.17, 15) is 19.8 Å². The van der Waals surface area contributed by atoms with E-state index < -0.39 is 11.9 Å². The highest BCUT2D eigenvalue weighted by atomic mass is 32.1. The van der Waals surface area contributed by atoms with Gasteiger partial charge in [0.15, 0.2) is 0 Å². The molecule has 0 saturated heterocycles. The lowest BCUT2D eigenvalue weighted by molar-refractivity contribution is 0.0658. The minimum absolute atomic E-state index is 0.00740. The molecule has 3 aromatic rings. The monoisotopic (exact) mass is 334 g/mol. The fraction of sp³-hybridized carbons (Fsp3) is 0.250. The molecule has 0 spiro atoms. The number of carboxylic acids is 2. The van der Waals surface area contributed by atoms with Crippen molar-refractivity contribution in [2.45, 2.75) is 26.2 Å². The predicted octanol–water partition coefficient (Wildman–Crippen LogP) is 4.81. The lowest BCUT2D eigenvalue weighted by Gasteiger charge is -2.18. The summed E-state index contributed by atoms with van der Waals surface area (Å²) in [4.78, 5) is 22.6. The van der Waals surface area contributed by atoms with Gasteiger partial charge in [-0.25, -0.2) is 9.59 Å². The van der Waals surface area contributed by atoms with Gasteiger partial charge in [-0.3, -0.25) is 0 Å². The van der Waals surface area contributed by atoms with Crippen LogP contribution >= 0.6 is 22.7 Å². The van der Waals surface area contributed by atoms with Crippen molar-refractivity contribution < 1.29 is 19.8 Å². The number of hydrogen-bond acceptors (Lipinski definition) is 4. The summed E-state index contributed by atoms with van der Waals surface area (Å²) >= 11 is 2.39. The third kappa shape index (κ3) is 2.19. The van der Waals surface area contributed by atoms with E-state index in [1.165, 1.54) is 16.9 Å². The van der Waals surface area contributed by atoms with Crippen LogP contribution < -0.4 is 0 Å². The van der Waals surface area contributed by atoms with Crippen LogP contribution in [0, 0.1) is 0 Å². The normalized spacial score (nSPS) is 12.1. The van der Waals surface area contributed by atoms with Gasteiger partial charge in [0.05, 0.1) is 9.40 Å². The molecule has 0 aliphatic heterocycles. The van der Waals surface area contributed by atoms with Crippen molar-refractivity contribution >= 4 is 54.1 Å². The summed E-state index contributed by atoms with van der Waals surface area (Å²) in [5.74, 6) is -2.38. The lowest BCUT2D eigenvalue weighted by Crippen LogP contribution is -2.10. The van der Waals surface area contributed by atoms with Crippen molar-refractivity contribution in [1.82, 2.24) is 0 Å². The number of aromatic carboxylic acids is 2. The Morgan fingerprint density at radius 1 is 1.00 bits per heavy atom. The maximum absolute atomic E-state index is 11.5.